The lowest BCUT2D eigenvalue weighted by Crippen LogP contribution is -2.07. The molecule has 0 unspecified atom stereocenters. The predicted octanol–water partition coefficient (Wildman–Crippen LogP) is 5.57. The third-order valence-electron chi connectivity index (χ3n) is 2.96. The number of thiophene rings is 1. The van der Waals surface area contributed by atoms with Gasteiger partial charge in [0.05, 0.1) is 6.57 Å². The lowest BCUT2D eigenvalue weighted by Gasteiger charge is -2.15. The predicted molar refractivity (Wildman–Crippen MR) is 79.5 cm³/mol. The number of aryl methyl sites for hydroxylation is 1. The fourth-order valence-corrected chi connectivity index (χ4v) is 2.98. The molecular formula is C16H17NS. The Morgan fingerprint density at radius 2 is 1.83 bits per heavy atom. The van der Waals surface area contributed by atoms with Gasteiger partial charge in [-0.05, 0) is 41.7 Å². The van der Waals surface area contributed by atoms with E-state index in [1.807, 2.05) is 29.5 Å². The minimum absolute atomic E-state index is 0.189. The van der Waals surface area contributed by atoms with Crippen molar-refractivity contribution in [2.75, 3.05) is 0 Å². The summed E-state index contributed by atoms with van der Waals surface area (Å²) >= 11 is 1.82. The van der Waals surface area contributed by atoms with Crippen LogP contribution >= 0.6 is 11.3 Å². The molecule has 0 N–H and O–H groups in total. The Balaban J connectivity index is 2.50. The quantitative estimate of drug-likeness (QED) is 0.587. The van der Waals surface area contributed by atoms with Crippen LogP contribution in [0, 0.1) is 13.5 Å². The third kappa shape index (κ3) is 2.47. The lowest BCUT2D eigenvalue weighted by atomic mass is 9.95. The van der Waals surface area contributed by atoms with Crippen LogP contribution in [0.1, 0.15) is 31.2 Å². The van der Waals surface area contributed by atoms with Crippen molar-refractivity contribution in [2.24, 2.45) is 0 Å². The van der Waals surface area contributed by atoms with Gasteiger partial charge >= 0.3 is 0 Å². The van der Waals surface area contributed by atoms with Crippen LogP contribution in [0.4, 0.5) is 5.69 Å². The Labute approximate surface area is 113 Å². The molecule has 0 spiro atoms. The van der Waals surface area contributed by atoms with Gasteiger partial charge in [-0.2, -0.15) is 0 Å². The molecule has 1 aromatic heterocycles. The zero-order valence-electron chi connectivity index (χ0n) is 11.2. The molecule has 0 aliphatic carbocycles. The van der Waals surface area contributed by atoms with Gasteiger partial charge in [-0.25, -0.2) is 4.85 Å². The largest absolute Gasteiger partial charge is 0.238 e. The molecule has 0 fully saturated rings. The molecule has 0 saturated carbocycles. The van der Waals surface area contributed by atoms with Crippen LogP contribution in [-0.2, 0) is 5.41 Å². The standard InChI is InChI=1S/C16H17NS/c1-11-6-7-12(17-5)10-13(11)14-8-9-15(18-14)16(2,3)4/h6-10H,1-4H3. The molecule has 0 aliphatic heterocycles. The molecule has 1 heterocycles. The highest BCUT2D eigenvalue weighted by Gasteiger charge is 2.17. The van der Waals surface area contributed by atoms with Crippen LogP contribution in [-0.4, -0.2) is 0 Å². The van der Waals surface area contributed by atoms with E-state index < -0.39 is 0 Å². The number of hydrogen-bond acceptors (Lipinski definition) is 1. The van der Waals surface area contributed by atoms with Gasteiger partial charge in [0, 0.05) is 9.75 Å². The summed E-state index contributed by atoms with van der Waals surface area (Å²) in [5.41, 5.74) is 3.31. The van der Waals surface area contributed by atoms with Crippen molar-refractivity contribution in [2.45, 2.75) is 33.1 Å². The van der Waals surface area contributed by atoms with Gasteiger partial charge in [0.1, 0.15) is 0 Å². The van der Waals surface area contributed by atoms with E-state index in [9.17, 15) is 0 Å². The van der Waals surface area contributed by atoms with Crippen LogP contribution in [0.2, 0.25) is 0 Å². The second kappa shape index (κ2) is 4.59. The molecule has 92 valence electrons. The van der Waals surface area contributed by atoms with E-state index in [1.165, 1.54) is 20.9 Å². The van der Waals surface area contributed by atoms with Crippen LogP contribution in [0.25, 0.3) is 15.3 Å². The van der Waals surface area contributed by atoms with Crippen molar-refractivity contribution >= 4 is 17.0 Å². The van der Waals surface area contributed by atoms with Gasteiger partial charge in [0.15, 0.2) is 5.69 Å². The van der Waals surface area contributed by atoms with Gasteiger partial charge in [-0.3, -0.25) is 0 Å². The maximum absolute atomic E-state index is 7.11. The molecule has 2 aromatic rings. The SMILES string of the molecule is [C-]#[N+]c1ccc(C)c(-c2ccc(C(C)(C)C)s2)c1. The molecule has 0 atom stereocenters. The first-order valence-electron chi connectivity index (χ1n) is 6.00. The monoisotopic (exact) mass is 255 g/mol. The molecule has 18 heavy (non-hydrogen) atoms. The Bertz CT molecular complexity index is 609. The number of nitrogens with zero attached hydrogens (tertiary/aromatic N) is 1. The van der Waals surface area contributed by atoms with Crippen molar-refractivity contribution in [1.29, 1.82) is 0 Å². The van der Waals surface area contributed by atoms with E-state index in [0.29, 0.717) is 5.69 Å². The normalized spacial score (nSPS) is 11.3. The maximum Gasteiger partial charge on any atom is 0.187 e. The van der Waals surface area contributed by atoms with Crippen molar-refractivity contribution in [1.82, 2.24) is 0 Å². The molecular weight excluding hydrogens is 238 g/mol. The van der Waals surface area contributed by atoms with E-state index in [0.717, 1.165) is 0 Å². The van der Waals surface area contributed by atoms with Crippen LogP contribution in [0.5, 0.6) is 0 Å². The first-order valence-corrected chi connectivity index (χ1v) is 6.82. The van der Waals surface area contributed by atoms with Gasteiger partial charge in [-0.1, -0.05) is 32.9 Å². The molecule has 0 radical (unpaired) electrons. The van der Waals surface area contributed by atoms with E-state index in [1.54, 1.807) is 0 Å². The molecule has 2 heteroatoms. The summed E-state index contributed by atoms with van der Waals surface area (Å²) < 4.78 is 0. The minimum atomic E-state index is 0.189. The summed E-state index contributed by atoms with van der Waals surface area (Å²) in [4.78, 5) is 6.14. The summed E-state index contributed by atoms with van der Waals surface area (Å²) in [6.07, 6.45) is 0. The van der Waals surface area contributed by atoms with E-state index >= 15 is 0 Å². The second-order valence-electron chi connectivity index (χ2n) is 5.52. The average Bonchev–Trinajstić information content (AvgIpc) is 2.78. The summed E-state index contributed by atoms with van der Waals surface area (Å²) in [5, 5.41) is 0. The number of benzene rings is 1. The van der Waals surface area contributed by atoms with Gasteiger partial charge in [0.2, 0.25) is 0 Å². The van der Waals surface area contributed by atoms with Gasteiger partial charge in [-0.15, -0.1) is 11.3 Å². The molecule has 0 saturated heterocycles. The Hall–Kier alpha value is -1.59. The second-order valence-corrected chi connectivity index (χ2v) is 6.61. The first-order chi connectivity index (χ1) is 8.41. The van der Waals surface area contributed by atoms with Crippen LogP contribution in [0.3, 0.4) is 0 Å². The highest BCUT2D eigenvalue weighted by Crippen LogP contribution is 2.37. The molecule has 1 aromatic carbocycles. The fraction of sp³-hybridized carbons (Fsp3) is 0.312. The zero-order valence-corrected chi connectivity index (χ0v) is 12.1. The zero-order chi connectivity index (χ0) is 13.3. The Kier molecular flexibility index (Phi) is 3.28. The van der Waals surface area contributed by atoms with Crippen molar-refractivity contribution in [3.63, 3.8) is 0 Å². The molecule has 0 aliphatic rings. The number of rotatable bonds is 1. The van der Waals surface area contributed by atoms with E-state index in [2.05, 4.69) is 44.7 Å². The van der Waals surface area contributed by atoms with Crippen LogP contribution < -0.4 is 0 Å². The summed E-state index contributed by atoms with van der Waals surface area (Å²) in [5.74, 6) is 0. The highest BCUT2D eigenvalue weighted by molar-refractivity contribution is 7.15. The van der Waals surface area contributed by atoms with Gasteiger partial charge < -0.3 is 0 Å². The summed E-state index contributed by atoms with van der Waals surface area (Å²) in [7, 11) is 0. The Morgan fingerprint density at radius 1 is 1.11 bits per heavy atom. The molecule has 0 bridgehead atoms. The highest BCUT2D eigenvalue weighted by atomic mass is 32.1. The molecule has 0 amide bonds. The minimum Gasteiger partial charge on any atom is -0.238 e. The summed E-state index contributed by atoms with van der Waals surface area (Å²) in [6, 6.07) is 10.3. The average molecular weight is 255 g/mol. The first kappa shape index (κ1) is 12.9. The lowest BCUT2D eigenvalue weighted by molar-refractivity contribution is 0.604. The van der Waals surface area contributed by atoms with E-state index in [4.69, 9.17) is 6.57 Å². The van der Waals surface area contributed by atoms with Crippen LogP contribution in [0.15, 0.2) is 30.3 Å². The van der Waals surface area contributed by atoms with E-state index in [-0.39, 0.29) is 5.41 Å². The number of hydrogen-bond donors (Lipinski definition) is 0. The third-order valence-corrected chi connectivity index (χ3v) is 4.51. The fourth-order valence-electron chi connectivity index (χ4n) is 1.83. The molecule has 2 rings (SSSR count). The maximum atomic E-state index is 7.11. The molecule has 1 nitrogen and oxygen atoms in total. The summed E-state index contributed by atoms with van der Waals surface area (Å²) in [6.45, 7) is 15.9. The van der Waals surface area contributed by atoms with Gasteiger partial charge in [0.25, 0.3) is 0 Å². The van der Waals surface area contributed by atoms with Crippen molar-refractivity contribution < 1.29 is 0 Å². The van der Waals surface area contributed by atoms with Crippen molar-refractivity contribution in [3.8, 4) is 10.4 Å². The smallest absolute Gasteiger partial charge is 0.187 e. The van der Waals surface area contributed by atoms with Crippen molar-refractivity contribution in [3.05, 3.63) is 52.2 Å². The topological polar surface area (TPSA) is 4.36 Å². The Morgan fingerprint density at radius 3 is 2.39 bits per heavy atom.